The summed E-state index contributed by atoms with van der Waals surface area (Å²) in [5, 5.41) is 0. The highest BCUT2D eigenvalue weighted by Gasteiger charge is 2.46. The van der Waals surface area contributed by atoms with Gasteiger partial charge in [0.1, 0.15) is 6.10 Å². The van der Waals surface area contributed by atoms with E-state index in [1.807, 2.05) is 0 Å². The van der Waals surface area contributed by atoms with Gasteiger partial charge in [-0.1, -0.05) is 0 Å². The van der Waals surface area contributed by atoms with Gasteiger partial charge in [-0.05, 0) is 13.8 Å². The van der Waals surface area contributed by atoms with Crippen LogP contribution in [0, 0.1) is 0 Å². The van der Waals surface area contributed by atoms with Crippen molar-refractivity contribution >= 4 is 22.1 Å². The zero-order valence-corrected chi connectivity index (χ0v) is 9.61. The molecule has 1 aliphatic rings. The predicted molar refractivity (Wildman–Crippen MR) is 51.1 cm³/mol. The van der Waals surface area contributed by atoms with Crippen LogP contribution in [0.25, 0.3) is 0 Å². The minimum Gasteiger partial charge on any atom is -0.458 e. The molecular weight excluding hydrogens is 240 g/mol. The van der Waals surface area contributed by atoms with Crippen molar-refractivity contribution in [3.05, 3.63) is 0 Å². The van der Waals surface area contributed by atoms with Crippen molar-refractivity contribution in [3.8, 4) is 0 Å². The Morgan fingerprint density at radius 3 is 2.62 bits per heavy atom. The van der Waals surface area contributed by atoms with Crippen molar-refractivity contribution in [2.24, 2.45) is 0 Å². The molecule has 1 fully saturated rings. The van der Waals surface area contributed by atoms with E-state index in [-0.39, 0.29) is 6.42 Å². The molecule has 1 saturated heterocycles. The minimum atomic E-state index is -4.42. The van der Waals surface area contributed by atoms with E-state index in [9.17, 15) is 18.0 Å². The quantitative estimate of drug-likeness (QED) is 0.533. The summed E-state index contributed by atoms with van der Waals surface area (Å²) >= 11 is 0. The molecule has 2 atom stereocenters. The van der Waals surface area contributed by atoms with Crippen molar-refractivity contribution in [1.29, 1.82) is 0 Å². The maximum atomic E-state index is 11.1. The summed E-state index contributed by atoms with van der Waals surface area (Å²) in [6, 6.07) is 0. The van der Waals surface area contributed by atoms with Crippen LogP contribution in [0.1, 0.15) is 20.3 Å². The molecule has 1 rings (SSSR count). The predicted octanol–water partition coefficient (Wildman–Crippen LogP) is -0.488. The molecule has 1 heterocycles. The van der Waals surface area contributed by atoms with Gasteiger partial charge in [-0.3, -0.25) is 14.1 Å². The minimum absolute atomic E-state index is 0.134. The van der Waals surface area contributed by atoms with Gasteiger partial charge in [0, 0.05) is 0 Å². The van der Waals surface area contributed by atoms with Crippen molar-refractivity contribution in [2.75, 3.05) is 5.75 Å². The molecule has 0 saturated carbocycles. The van der Waals surface area contributed by atoms with Crippen molar-refractivity contribution in [3.63, 3.8) is 0 Å². The largest absolute Gasteiger partial charge is 0.458 e. The fraction of sp³-hybridized carbons (Fsp3) is 0.750. The molecule has 1 N–H and O–H groups in total. The van der Waals surface area contributed by atoms with E-state index in [2.05, 4.69) is 0 Å². The first-order chi connectivity index (χ1) is 7.12. The Kier molecular flexibility index (Phi) is 3.25. The molecule has 8 heteroatoms. The molecule has 0 aliphatic carbocycles. The lowest BCUT2D eigenvalue weighted by Crippen LogP contribution is -2.39. The summed E-state index contributed by atoms with van der Waals surface area (Å²) < 4.78 is 38.9. The molecule has 2 unspecified atom stereocenters. The fourth-order valence-corrected chi connectivity index (χ4v) is 1.71. The molecular formula is C8H12O7S. The zero-order valence-electron chi connectivity index (χ0n) is 8.80. The van der Waals surface area contributed by atoms with E-state index in [1.54, 1.807) is 0 Å². The Hall–Kier alpha value is -1.15. The molecule has 0 aromatic carbocycles. The number of ether oxygens (including phenoxy) is 2. The van der Waals surface area contributed by atoms with Gasteiger partial charge in [0.25, 0.3) is 10.1 Å². The maximum Gasteiger partial charge on any atom is 0.324 e. The number of carbonyl (C=O) groups is 2. The van der Waals surface area contributed by atoms with E-state index in [0.717, 1.165) is 0 Å². The van der Waals surface area contributed by atoms with Gasteiger partial charge < -0.3 is 9.47 Å². The monoisotopic (exact) mass is 252 g/mol. The van der Waals surface area contributed by atoms with Crippen LogP contribution in [0.3, 0.4) is 0 Å². The average Bonchev–Trinajstić information content (AvgIpc) is 2.19. The number of rotatable bonds is 3. The summed E-state index contributed by atoms with van der Waals surface area (Å²) in [4.78, 5) is 22.1. The van der Waals surface area contributed by atoms with Crippen LogP contribution >= 0.6 is 0 Å². The number of hydrogen-bond acceptors (Lipinski definition) is 6. The first-order valence-corrected chi connectivity index (χ1v) is 6.10. The van der Waals surface area contributed by atoms with Crippen LogP contribution in [-0.4, -0.2) is 42.4 Å². The number of carbonyl (C=O) groups excluding carboxylic acids is 2. The van der Waals surface area contributed by atoms with Crippen LogP contribution in [0.2, 0.25) is 0 Å². The summed E-state index contributed by atoms with van der Waals surface area (Å²) in [5.41, 5.74) is -1.18. The van der Waals surface area contributed by atoms with Crippen molar-refractivity contribution < 1.29 is 32.0 Å². The highest BCUT2D eigenvalue weighted by molar-refractivity contribution is 7.86. The van der Waals surface area contributed by atoms with Crippen molar-refractivity contribution in [2.45, 2.75) is 32.0 Å². The van der Waals surface area contributed by atoms with Gasteiger partial charge in [-0.2, -0.15) is 8.42 Å². The van der Waals surface area contributed by atoms with Crippen LogP contribution < -0.4 is 0 Å². The molecule has 0 amide bonds. The second kappa shape index (κ2) is 4.02. The van der Waals surface area contributed by atoms with E-state index < -0.39 is 39.5 Å². The first kappa shape index (κ1) is 12.9. The molecule has 92 valence electrons. The normalized spacial score (nSPS) is 29.9. The molecule has 0 aromatic heterocycles. The first-order valence-electron chi connectivity index (χ1n) is 4.49. The summed E-state index contributed by atoms with van der Waals surface area (Å²) in [5.74, 6) is -2.77. The standard InChI is InChI=1S/C8H12O7S/c1-5-8(2,3-6(9)14-5)15-7(10)4-16(11,12)13/h5H,3-4H2,1-2H3,(H,11,12,13). The zero-order chi connectivity index (χ0) is 12.6. The Labute approximate surface area is 92.5 Å². The van der Waals surface area contributed by atoms with Crippen LogP contribution in [0.4, 0.5) is 0 Å². The van der Waals surface area contributed by atoms with E-state index >= 15 is 0 Å². The third-order valence-corrected chi connectivity index (χ3v) is 2.91. The van der Waals surface area contributed by atoms with Crippen LogP contribution in [0.5, 0.6) is 0 Å². The number of hydrogen-bond donors (Lipinski definition) is 1. The van der Waals surface area contributed by atoms with Gasteiger partial charge in [-0.25, -0.2) is 0 Å². The SMILES string of the molecule is CC1OC(=O)CC1(C)OC(=O)CS(=O)(=O)O. The van der Waals surface area contributed by atoms with Crippen LogP contribution in [-0.2, 0) is 29.2 Å². The highest BCUT2D eigenvalue weighted by atomic mass is 32.2. The molecule has 0 aromatic rings. The van der Waals surface area contributed by atoms with Crippen molar-refractivity contribution in [1.82, 2.24) is 0 Å². The Balaban J connectivity index is 2.67. The van der Waals surface area contributed by atoms with Gasteiger partial charge in [-0.15, -0.1) is 0 Å². The highest BCUT2D eigenvalue weighted by Crippen LogP contribution is 2.30. The Morgan fingerprint density at radius 2 is 2.25 bits per heavy atom. The molecule has 0 spiro atoms. The van der Waals surface area contributed by atoms with Gasteiger partial charge in [0.05, 0.1) is 6.42 Å². The Bertz CT molecular complexity index is 412. The lowest BCUT2D eigenvalue weighted by Gasteiger charge is -2.25. The molecule has 16 heavy (non-hydrogen) atoms. The number of esters is 2. The third-order valence-electron chi connectivity index (χ3n) is 2.31. The topological polar surface area (TPSA) is 107 Å². The second-order valence-electron chi connectivity index (χ2n) is 3.82. The second-order valence-corrected chi connectivity index (χ2v) is 5.27. The van der Waals surface area contributed by atoms with Gasteiger partial charge in [0.2, 0.25) is 0 Å². The summed E-state index contributed by atoms with van der Waals surface area (Å²) in [7, 11) is -4.42. The van der Waals surface area contributed by atoms with Crippen LogP contribution in [0.15, 0.2) is 0 Å². The maximum absolute atomic E-state index is 11.1. The summed E-state index contributed by atoms with van der Waals surface area (Å²) in [6.07, 6.45) is -0.781. The molecule has 1 aliphatic heterocycles. The smallest absolute Gasteiger partial charge is 0.324 e. The van der Waals surface area contributed by atoms with E-state index in [4.69, 9.17) is 14.0 Å². The molecule has 0 bridgehead atoms. The lowest BCUT2D eigenvalue weighted by molar-refractivity contribution is -0.160. The summed E-state index contributed by atoms with van der Waals surface area (Å²) in [6.45, 7) is 3.00. The van der Waals surface area contributed by atoms with Gasteiger partial charge >= 0.3 is 11.9 Å². The van der Waals surface area contributed by atoms with E-state index in [1.165, 1.54) is 13.8 Å². The van der Waals surface area contributed by atoms with Gasteiger partial charge in [0.15, 0.2) is 11.4 Å². The third kappa shape index (κ3) is 3.17. The molecule has 0 radical (unpaired) electrons. The van der Waals surface area contributed by atoms with E-state index in [0.29, 0.717) is 0 Å². The average molecular weight is 252 g/mol. The Morgan fingerprint density at radius 1 is 1.69 bits per heavy atom. The fourth-order valence-electron chi connectivity index (χ4n) is 1.35. The lowest BCUT2D eigenvalue weighted by atomic mass is 9.99. The molecule has 7 nitrogen and oxygen atoms in total. The number of cyclic esters (lactones) is 1.